The monoisotopic (exact) mass is 440 g/mol. The van der Waals surface area contributed by atoms with Crippen molar-refractivity contribution in [2.24, 2.45) is 0 Å². The van der Waals surface area contributed by atoms with E-state index in [0.29, 0.717) is 5.02 Å². The number of rotatable bonds is 7. The largest absolute Gasteiger partial charge is 0.493 e. The molecule has 0 saturated carbocycles. The predicted octanol–water partition coefficient (Wildman–Crippen LogP) is 6.19. The fourth-order valence-electron chi connectivity index (χ4n) is 3.60. The van der Waals surface area contributed by atoms with Gasteiger partial charge in [-0.15, -0.1) is 0 Å². The standard InChI is InChI=1S/C24H22Cl2N2O2/c1-29-22-10-5-17(13-23(22)30-2)11-12-28-21-9-8-19(26)15-20(21)27-24(28)14-16-3-6-18(25)7-4-16/h3-10,13,15H,11-12,14H2,1-2H3. The average molecular weight is 441 g/mol. The van der Waals surface area contributed by atoms with Crippen LogP contribution < -0.4 is 9.47 Å². The summed E-state index contributed by atoms with van der Waals surface area (Å²) in [5, 5.41) is 1.41. The smallest absolute Gasteiger partial charge is 0.160 e. The van der Waals surface area contributed by atoms with Crippen LogP contribution in [0.2, 0.25) is 10.0 Å². The number of halogens is 2. The van der Waals surface area contributed by atoms with E-state index < -0.39 is 0 Å². The van der Waals surface area contributed by atoms with Crippen LogP contribution in [0.4, 0.5) is 0 Å². The number of aromatic nitrogens is 2. The van der Waals surface area contributed by atoms with Gasteiger partial charge in [-0.1, -0.05) is 41.4 Å². The number of ether oxygens (including phenoxy) is 2. The number of hydrogen-bond acceptors (Lipinski definition) is 3. The number of fused-ring (bicyclic) bond motifs is 1. The first-order chi connectivity index (χ1) is 14.6. The van der Waals surface area contributed by atoms with Crippen LogP contribution in [0.3, 0.4) is 0 Å². The molecule has 30 heavy (non-hydrogen) atoms. The molecule has 0 N–H and O–H groups in total. The number of methoxy groups -OCH3 is 2. The Bertz CT molecular complexity index is 1170. The van der Waals surface area contributed by atoms with Crippen molar-refractivity contribution < 1.29 is 9.47 Å². The van der Waals surface area contributed by atoms with E-state index in [4.69, 9.17) is 37.7 Å². The maximum Gasteiger partial charge on any atom is 0.160 e. The van der Waals surface area contributed by atoms with E-state index in [-0.39, 0.29) is 0 Å². The molecule has 0 fully saturated rings. The van der Waals surface area contributed by atoms with Crippen LogP contribution in [0.15, 0.2) is 60.7 Å². The van der Waals surface area contributed by atoms with E-state index in [0.717, 1.165) is 58.3 Å². The van der Waals surface area contributed by atoms with Gasteiger partial charge in [0.1, 0.15) is 5.82 Å². The van der Waals surface area contributed by atoms with Gasteiger partial charge in [0, 0.05) is 23.0 Å². The van der Waals surface area contributed by atoms with Crippen LogP contribution in [-0.2, 0) is 19.4 Å². The first-order valence-corrected chi connectivity index (χ1v) is 10.4. The summed E-state index contributed by atoms with van der Waals surface area (Å²) in [6.45, 7) is 0.788. The Morgan fingerprint density at radius 2 is 1.50 bits per heavy atom. The highest BCUT2D eigenvalue weighted by Gasteiger charge is 2.13. The molecule has 4 rings (SSSR count). The zero-order chi connectivity index (χ0) is 21.1. The van der Waals surface area contributed by atoms with Gasteiger partial charge in [-0.05, 0) is 60.0 Å². The molecule has 154 valence electrons. The molecule has 0 unspecified atom stereocenters. The molecule has 0 amide bonds. The number of benzene rings is 3. The molecule has 4 aromatic rings. The molecular formula is C24H22Cl2N2O2. The van der Waals surface area contributed by atoms with Crippen molar-refractivity contribution in [2.45, 2.75) is 19.4 Å². The second kappa shape index (κ2) is 8.99. The van der Waals surface area contributed by atoms with Gasteiger partial charge in [0.15, 0.2) is 11.5 Å². The number of nitrogens with zero attached hydrogens (tertiary/aromatic N) is 2. The Kier molecular flexibility index (Phi) is 6.16. The van der Waals surface area contributed by atoms with E-state index >= 15 is 0 Å². The first-order valence-electron chi connectivity index (χ1n) is 9.67. The Morgan fingerprint density at radius 3 is 2.23 bits per heavy atom. The molecule has 0 bridgehead atoms. The van der Waals surface area contributed by atoms with Gasteiger partial charge < -0.3 is 14.0 Å². The molecule has 1 aromatic heterocycles. The molecule has 0 radical (unpaired) electrons. The highest BCUT2D eigenvalue weighted by molar-refractivity contribution is 6.31. The number of hydrogen-bond donors (Lipinski definition) is 0. The van der Waals surface area contributed by atoms with Crippen molar-refractivity contribution in [1.82, 2.24) is 9.55 Å². The van der Waals surface area contributed by atoms with Gasteiger partial charge in [0.25, 0.3) is 0 Å². The fourth-order valence-corrected chi connectivity index (χ4v) is 3.89. The SMILES string of the molecule is COc1ccc(CCn2c(Cc3ccc(Cl)cc3)nc3cc(Cl)ccc32)cc1OC. The van der Waals surface area contributed by atoms with Crippen molar-refractivity contribution in [3.8, 4) is 11.5 Å². The molecular weight excluding hydrogens is 419 g/mol. The van der Waals surface area contributed by atoms with E-state index in [1.165, 1.54) is 5.56 Å². The summed E-state index contributed by atoms with van der Waals surface area (Å²) in [6, 6.07) is 19.8. The van der Waals surface area contributed by atoms with E-state index in [9.17, 15) is 0 Å². The third-order valence-corrected chi connectivity index (χ3v) is 5.62. The third kappa shape index (κ3) is 4.40. The molecule has 0 saturated heterocycles. The summed E-state index contributed by atoms with van der Waals surface area (Å²) in [6.07, 6.45) is 1.55. The molecule has 0 aliphatic rings. The Hall–Kier alpha value is -2.69. The van der Waals surface area contributed by atoms with Gasteiger partial charge >= 0.3 is 0 Å². The second-order valence-corrected chi connectivity index (χ2v) is 7.93. The van der Waals surface area contributed by atoms with Gasteiger partial charge in [-0.25, -0.2) is 4.98 Å². The normalized spacial score (nSPS) is 11.1. The summed E-state index contributed by atoms with van der Waals surface area (Å²) in [7, 11) is 3.29. The van der Waals surface area contributed by atoms with Crippen LogP contribution >= 0.6 is 23.2 Å². The zero-order valence-electron chi connectivity index (χ0n) is 16.9. The van der Waals surface area contributed by atoms with Crippen LogP contribution in [0.1, 0.15) is 17.0 Å². The minimum atomic E-state index is 0.685. The minimum absolute atomic E-state index is 0.685. The highest BCUT2D eigenvalue weighted by Crippen LogP contribution is 2.28. The fraction of sp³-hybridized carbons (Fsp3) is 0.208. The topological polar surface area (TPSA) is 36.3 Å². The van der Waals surface area contributed by atoms with Gasteiger partial charge in [0.05, 0.1) is 25.3 Å². The second-order valence-electron chi connectivity index (χ2n) is 7.06. The molecule has 0 aliphatic carbocycles. The highest BCUT2D eigenvalue weighted by atomic mass is 35.5. The van der Waals surface area contributed by atoms with E-state index in [1.807, 2.05) is 54.6 Å². The van der Waals surface area contributed by atoms with E-state index in [1.54, 1.807) is 14.2 Å². The summed E-state index contributed by atoms with van der Waals surface area (Å²) >= 11 is 12.2. The van der Waals surface area contributed by atoms with Gasteiger partial charge in [-0.3, -0.25) is 0 Å². The first kappa shape index (κ1) is 20.6. The third-order valence-electron chi connectivity index (χ3n) is 5.14. The van der Waals surface area contributed by atoms with Gasteiger partial charge in [0.2, 0.25) is 0 Å². The van der Waals surface area contributed by atoms with Crippen molar-refractivity contribution >= 4 is 34.2 Å². The lowest BCUT2D eigenvalue weighted by Gasteiger charge is -2.12. The Balaban J connectivity index is 1.65. The van der Waals surface area contributed by atoms with Crippen molar-refractivity contribution in [3.05, 3.63) is 87.7 Å². The maximum atomic E-state index is 6.20. The lowest BCUT2D eigenvalue weighted by Crippen LogP contribution is -2.07. The quantitative estimate of drug-likeness (QED) is 0.343. The summed E-state index contributed by atoms with van der Waals surface area (Å²) < 4.78 is 13.0. The molecule has 0 aliphatic heterocycles. The summed E-state index contributed by atoms with van der Waals surface area (Å²) in [5.41, 5.74) is 4.30. The van der Waals surface area contributed by atoms with Gasteiger partial charge in [-0.2, -0.15) is 0 Å². The molecule has 4 nitrogen and oxygen atoms in total. The number of imidazole rings is 1. The van der Waals surface area contributed by atoms with Crippen molar-refractivity contribution in [3.63, 3.8) is 0 Å². The van der Waals surface area contributed by atoms with Crippen LogP contribution in [-0.4, -0.2) is 23.8 Å². The predicted molar refractivity (Wildman–Crippen MR) is 122 cm³/mol. The average Bonchev–Trinajstić information content (AvgIpc) is 3.09. The lowest BCUT2D eigenvalue weighted by atomic mass is 10.1. The van der Waals surface area contributed by atoms with Crippen molar-refractivity contribution in [2.75, 3.05) is 14.2 Å². The van der Waals surface area contributed by atoms with Crippen LogP contribution in [0.25, 0.3) is 11.0 Å². The zero-order valence-corrected chi connectivity index (χ0v) is 18.4. The summed E-state index contributed by atoms with van der Waals surface area (Å²) in [5.74, 6) is 2.46. The molecule has 3 aromatic carbocycles. The van der Waals surface area contributed by atoms with Crippen LogP contribution in [0.5, 0.6) is 11.5 Å². The Labute approximate surface area is 186 Å². The van der Waals surface area contributed by atoms with Crippen LogP contribution in [0, 0.1) is 0 Å². The molecule has 6 heteroatoms. The van der Waals surface area contributed by atoms with E-state index in [2.05, 4.69) is 10.6 Å². The molecule has 1 heterocycles. The Morgan fingerprint density at radius 1 is 0.800 bits per heavy atom. The maximum absolute atomic E-state index is 6.20. The molecule has 0 atom stereocenters. The lowest BCUT2D eigenvalue weighted by molar-refractivity contribution is 0.354. The molecule has 0 spiro atoms. The number of aryl methyl sites for hydroxylation is 2. The minimum Gasteiger partial charge on any atom is -0.493 e. The summed E-state index contributed by atoms with van der Waals surface area (Å²) in [4.78, 5) is 4.87. The van der Waals surface area contributed by atoms with Crippen molar-refractivity contribution in [1.29, 1.82) is 0 Å².